The number of carbonyl (C=O) groups excluding carboxylic acids is 1. The van der Waals surface area contributed by atoms with Crippen LogP contribution < -0.4 is 9.80 Å². The van der Waals surface area contributed by atoms with Crippen LogP contribution in [0.15, 0.2) is 37.7 Å². The van der Waals surface area contributed by atoms with Crippen LogP contribution in [0.1, 0.15) is 11.1 Å². The Balaban J connectivity index is 0.000000164. The normalized spacial score (nSPS) is 19.5. The predicted octanol–water partition coefficient (Wildman–Crippen LogP) is 4.46. The minimum Gasteiger partial charge on any atom is -0.432 e. The Hall–Kier alpha value is -4.36. The third-order valence-corrected chi connectivity index (χ3v) is 14.8. The molecule has 18 nitrogen and oxygen atoms in total. The van der Waals surface area contributed by atoms with Gasteiger partial charge in [0, 0.05) is 112 Å². The van der Waals surface area contributed by atoms with Crippen molar-refractivity contribution >= 4 is 106 Å². The van der Waals surface area contributed by atoms with E-state index >= 15 is 0 Å². The maximum atomic E-state index is 12.6. The Bertz CT molecular complexity index is 2820. The number of nitrogens with zero attached hydrogens (tertiary/aromatic N) is 11. The van der Waals surface area contributed by atoms with Crippen LogP contribution >= 0.6 is 23.2 Å². The Morgan fingerprint density at radius 1 is 0.714 bits per heavy atom. The lowest BCUT2D eigenvalue weighted by Crippen LogP contribution is -2.40. The van der Waals surface area contributed by atoms with Gasteiger partial charge in [0.25, 0.3) is 0 Å². The zero-order valence-corrected chi connectivity index (χ0v) is 36.7. The van der Waals surface area contributed by atoms with E-state index in [0.717, 1.165) is 60.7 Å². The minimum absolute atomic E-state index is 0.0787. The number of anilines is 2. The van der Waals surface area contributed by atoms with Gasteiger partial charge in [-0.2, -0.15) is 27.5 Å². The van der Waals surface area contributed by atoms with Gasteiger partial charge in [0.15, 0.2) is 22.8 Å². The van der Waals surface area contributed by atoms with Gasteiger partial charge in [0.2, 0.25) is 22.0 Å². The number of ether oxygens (including phenoxy) is 2. The number of furan rings is 2. The van der Waals surface area contributed by atoms with Gasteiger partial charge in [0.1, 0.15) is 11.0 Å². The Morgan fingerprint density at radius 3 is 1.60 bits per heavy atom. The highest BCUT2D eigenvalue weighted by Gasteiger charge is 2.40. The number of carbonyl (C=O) groups is 1. The molecule has 63 heavy (non-hydrogen) atoms. The fraction of sp³-hybridized carbons (Fsp3) is 0.500. The summed E-state index contributed by atoms with van der Waals surface area (Å²) in [7, 11) is -3.91. The molecule has 0 atom stereocenters. The highest BCUT2D eigenvalue weighted by Crippen LogP contribution is 2.36. The number of hydrogen-bond donors (Lipinski definition) is 0. The number of morpholine rings is 2. The highest BCUT2D eigenvalue weighted by atomic mass is 35.5. The van der Waals surface area contributed by atoms with Crippen LogP contribution in [0.2, 0.25) is 10.6 Å². The van der Waals surface area contributed by atoms with E-state index in [1.54, 1.807) is 6.20 Å². The van der Waals surface area contributed by atoms with Gasteiger partial charge in [-0.15, -0.1) is 0 Å². The second kappa shape index (κ2) is 18.3. The third-order valence-electron chi connectivity index (χ3n) is 11.0. The number of amides is 1. The lowest BCUT2D eigenvalue weighted by atomic mass is 10.2. The number of pyridine rings is 2. The summed E-state index contributed by atoms with van der Waals surface area (Å²) < 4.78 is 87.4. The molecule has 4 aliphatic rings. The van der Waals surface area contributed by atoms with E-state index in [4.69, 9.17) is 41.5 Å². The predicted molar refractivity (Wildman–Crippen MR) is 230 cm³/mol. The van der Waals surface area contributed by atoms with Crippen LogP contribution in [0.25, 0.3) is 44.4 Å². The van der Waals surface area contributed by atoms with Crippen LogP contribution in [0.4, 0.5) is 24.8 Å². The monoisotopic (exact) mass is 953 g/mol. The molecule has 4 fully saturated rings. The highest BCUT2D eigenvalue weighted by molar-refractivity contribution is 7.94. The molecule has 0 aromatic carbocycles. The van der Waals surface area contributed by atoms with Crippen molar-refractivity contribution in [1.82, 2.24) is 39.7 Å². The van der Waals surface area contributed by atoms with Crippen LogP contribution in [0.3, 0.4) is 0 Å². The number of halogens is 5. The van der Waals surface area contributed by atoms with Gasteiger partial charge in [-0.1, -0.05) is 0 Å². The summed E-state index contributed by atoms with van der Waals surface area (Å²) in [5.74, 6) is 0.193. The minimum atomic E-state index is -5.12. The van der Waals surface area contributed by atoms with E-state index in [9.17, 15) is 26.4 Å². The fourth-order valence-electron chi connectivity index (χ4n) is 7.78. The van der Waals surface area contributed by atoms with Gasteiger partial charge in [-0.05, 0) is 46.5 Å². The first kappa shape index (κ1) is 43.9. The molecule has 0 saturated carbocycles. The Labute approximate surface area is 370 Å². The average Bonchev–Trinajstić information content (AvgIpc) is 3.83. The largest absolute Gasteiger partial charge is 0.474 e. The molecule has 10 heterocycles. The van der Waals surface area contributed by atoms with Gasteiger partial charge in [-0.3, -0.25) is 18.8 Å². The lowest BCUT2D eigenvalue weighted by Gasteiger charge is -2.28. The van der Waals surface area contributed by atoms with E-state index in [1.165, 1.54) is 0 Å². The molecule has 0 bridgehead atoms. The summed E-state index contributed by atoms with van der Waals surface area (Å²) in [6.07, 6.45) is -1.65. The van der Waals surface area contributed by atoms with Gasteiger partial charge in [0.05, 0.1) is 46.9 Å². The first-order valence-corrected chi connectivity index (χ1v) is 24.2. The first-order valence-electron chi connectivity index (χ1n) is 20.1. The van der Waals surface area contributed by atoms with Crippen molar-refractivity contribution in [2.45, 2.75) is 19.3 Å². The van der Waals surface area contributed by atoms with Crippen molar-refractivity contribution in [3.63, 3.8) is 0 Å². The van der Waals surface area contributed by atoms with Gasteiger partial charge in [-0.25, -0.2) is 24.1 Å². The molecule has 0 N–H and O–H groups in total. The van der Waals surface area contributed by atoms with Crippen LogP contribution in [0.5, 0.6) is 0 Å². The maximum Gasteiger partial charge on any atom is 0.474 e. The molecule has 25 heteroatoms. The summed E-state index contributed by atoms with van der Waals surface area (Å²) in [5, 5.41) is 1.77. The third kappa shape index (κ3) is 9.84. The topological polar surface area (TPSA) is 199 Å². The molecule has 6 aromatic rings. The van der Waals surface area contributed by atoms with Crippen molar-refractivity contribution in [1.29, 1.82) is 0 Å². The van der Waals surface area contributed by atoms with E-state index < -0.39 is 32.6 Å². The Morgan fingerprint density at radius 2 is 1.16 bits per heavy atom. The number of rotatable bonds is 6. The number of hydrogen-bond acceptors (Lipinski definition) is 17. The summed E-state index contributed by atoms with van der Waals surface area (Å²) in [4.78, 5) is 45.9. The van der Waals surface area contributed by atoms with E-state index in [1.807, 2.05) is 22.1 Å². The number of aromatic nitrogens is 6. The van der Waals surface area contributed by atoms with Crippen molar-refractivity contribution in [2.75, 3.05) is 112 Å². The molecular weight excluding hydrogens is 915 g/mol. The van der Waals surface area contributed by atoms with Gasteiger partial charge >= 0.3 is 12.1 Å². The molecule has 0 spiro atoms. The summed E-state index contributed by atoms with van der Waals surface area (Å²) >= 11 is 12.4. The molecule has 0 radical (unpaired) electrons. The zero-order chi connectivity index (χ0) is 43.9. The van der Waals surface area contributed by atoms with E-state index in [2.05, 4.69) is 50.1 Å². The lowest BCUT2D eigenvalue weighted by molar-refractivity contribution is -0.169. The van der Waals surface area contributed by atoms with Crippen LogP contribution in [0, 0.1) is 0 Å². The second-order valence-electron chi connectivity index (χ2n) is 15.3. The Kier molecular flexibility index (Phi) is 12.7. The molecule has 0 aliphatic carbocycles. The van der Waals surface area contributed by atoms with Crippen molar-refractivity contribution in [2.24, 2.45) is 4.36 Å². The molecule has 0 unspecified atom stereocenters. The quantitative estimate of drug-likeness (QED) is 0.212. The average molecular weight is 955 g/mol. The van der Waals surface area contributed by atoms with Gasteiger partial charge < -0.3 is 28.1 Å². The van der Waals surface area contributed by atoms with Crippen LogP contribution in [-0.4, -0.2) is 162 Å². The molecule has 4 aliphatic heterocycles. The summed E-state index contributed by atoms with van der Waals surface area (Å²) in [6, 6.07) is 3.93. The van der Waals surface area contributed by atoms with E-state index in [-0.39, 0.29) is 35.2 Å². The van der Waals surface area contributed by atoms with Crippen molar-refractivity contribution in [3.8, 4) is 0 Å². The van der Waals surface area contributed by atoms with Crippen molar-refractivity contribution < 1.29 is 44.7 Å². The molecule has 10 rings (SSSR count). The maximum absolute atomic E-state index is 12.6. The number of alkyl halides is 3. The smallest absolute Gasteiger partial charge is 0.432 e. The first-order chi connectivity index (χ1) is 30.3. The zero-order valence-electron chi connectivity index (χ0n) is 33.5. The molecular formula is C38H40Cl2F3N11O7S2. The SMILES string of the molecule is O=C(N=S1(=O)CCN(Cc2cnc3oc4c(N5CCOCC5)nc(Cl)nc4c3c2)CC1)C(F)(F)F.O=S1CCN(Cc2cnc3oc4c(N5CCOCC5)nc(Cl)nc4c3c2)CC1. The molecule has 6 aromatic heterocycles. The number of fused-ring (bicyclic) bond motifs is 6. The second-order valence-corrected chi connectivity index (χ2v) is 20.2. The molecule has 336 valence electrons. The summed E-state index contributed by atoms with van der Waals surface area (Å²) in [6.45, 7) is 8.46. The van der Waals surface area contributed by atoms with Crippen LogP contribution in [-0.2, 0) is 47.9 Å². The fourth-order valence-corrected chi connectivity index (χ4v) is 11.1. The standard InChI is InChI=1S/C20H20ClF3N6O4S.C18H20ClN5O3S/c21-19-26-14-13-9-12(11-29-3-7-35(32,8-4-29)28-18(31)20(22,23)24)10-25-17(13)34-15(14)16(27-19)30-1-5-33-6-2-30;19-18-21-14-13-9-12(11-23-3-7-28(25)8-4-23)10-20-17(13)27-15(14)16(22-18)24-1-5-26-6-2-24/h9-10H,1-8,11H2;9-10H,1-8,11H2. The van der Waals surface area contributed by atoms with Crippen molar-refractivity contribution in [3.05, 3.63) is 46.2 Å². The molecule has 4 saturated heterocycles. The molecule has 1 amide bonds. The van der Waals surface area contributed by atoms with E-state index in [0.29, 0.717) is 96.7 Å². The summed E-state index contributed by atoms with van der Waals surface area (Å²) in [5.41, 5.74) is 5.09.